The van der Waals surface area contributed by atoms with Crippen LogP contribution < -0.4 is 10.6 Å². The number of guanidine groups is 1. The molecule has 6 nitrogen and oxygen atoms in total. The van der Waals surface area contributed by atoms with Crippen molar-refractivity contribution in [1.82, 2.24) is 20.4 Å². The van der Waals surface area contributed by atoms with Crippen LogP contribution in [0.4, 0.5) is 0 Å². The van der Waals surface area contributed by atoms with Crippen LogP contribution >= 0.6 is 0 Å². The first-order valence-corrected chi connectivity index (χ1v) is 8.57. The van der Waals surface area contributed by atoms with Crippen LogP contribution in [0.25, 0.3) is 0 Å². The van der Waals surface area contributed by atoms with Crippen LogP contribution in [-0.4, -0.2) is 69.6 Å². The van der Waals surface area contributed by atoms with Crippen molar-refractivity contribution < 1.29 is 4.42 Å². The third-order valence-electron chi connectivity index (χ3n) is 4.35. The molecule has 2 heterocycles. The molecule has 0 aliphatic carbocycles. The number of furan rings is 1. The van der Waals surface area contributed by atoms with Gasteiger partial charge in [0.05, 0.1) is 12.3 Å². The quantitative estimate of drug-likeness (QED) is 0.589. The van der Waals surface area contributed by atoms with E-state index in [-0.39, 0.29) is 6.04 Å². The predicted octanol–water partition coefficient (Wildman–Crippen LogP) is 1.53. The van der Waals surface area contributed by atoms with Crippen molar-refractivity contribution >= 4 is 5.96 Å². The molecule has 0 aromatic carbocycles. The molecule has 2 rings (SSSR count). The van der Waals surface area contributed by atoms with E-state index in [2.05, 4.69) is 39.5 Å². The van der Waals surface area contributed by atoms with E-state index < -0.39 is 0 Å². The Morgan fingerprint density at radius 3 is 2.70 bits per heavy atom. The fourth-order valence-electron chi connectivity index (χ4n) is 2.95. The Bertz CT molecular complexity index is 452. The third kappa shape index (κ3) is 5.88. The zero-order valence-corrected chi connectivity index (χ0v) is 14.7. The first kappa shape index (κ1) is 17.8. The fraction of sp³-hybridized carbons (Fsp3) is 0.706. The van der Waals surface area contributed by atoms with E-state index in [4.69, 9.17) is 4.42 Å². The van der Waals surface area contributed by atoms with E-state index in [0.29, 0.717) is 0 Å². The average molecular weight is 321 g/mol. The predicted molar refractivity (Wildman–Crippen MR) is 94.8 cm³/mol. The van der Waals surface area contributed by atoms with Crippen LogP contribution in [0.2, 0.25) is 0 Å². The largest absolute Gasteiger partial charge is 0.468 e. The van der Waals surface area contributed by atoms with E-state index >= 15 is 0 Å². The molecule has 1 atom stereocenters. The summed E-state index contributed by atoms with van der Waals surface area (Å²) < 4.78 is 5.53. The van der Waals surface area contributed by atoms with Crippen LogP contribution in [-0.2, 0) is 0 Å². The molecule has 0 bridgehead atoms. The van der Waals surface area contributed by atoms with Crippen LogP contribution in [0.3, 0.4) is 0 Å². The number of piperidine rings is 1. The van der Waals surface area contributed by atoms with Crippen LogP contribution in [0, 0.1) is 0 Å². The molecular weight excluding hydrogens is 290 g/mol. The minimum Gasteiger partial charge on any atom is -0.468 e. The van der Waals surface area contributed by atoms with Crippen molar-refractivity contribution in [3.05, 3.63) is 24.2 Å². The van der Waals surface area contributed by atoms with Gasteiger partial charge in [0, 0.05) is 26.7 Å². The lowest BCUT2D eigenvalue weighted by atomic mass is 10.1. The Hall–Kier alpha value is -1.53. The standard InChI is InChI=1S/C17H31N5O/c1-18-17(19-9-12-22-10-5-4-6-11-22)20-14-15(21(2)3)16-8-7-13-23-16/h7-8,13,15H,4-6,9-12,14H2,1-3H3,(H2,18,19,20). The summed E-state index contributed by atoms with van der Waals surface area (Å²) in [5, 5.41) is 6.80. The molecular formula is C17H31N5O. The van der Waals surface area contributed by atoms with E-state index in [1.54, 1.807) is 6.26 Å². The number of rotatable bonds is 7. The Kier molecular flexibility index (Phi) is 7.42. The summed E-state index contributed by atoms with van der Waals surface area (Å²) in [6, 6.07) is 4.13. The second kappa shape index (κ2) is 9.57. The third-order valence-corrected chi connectivity index (χ3v) is 4.35. The molecule has 1 unspecified atom stereocenters. The van der Waals surface area contributed by atoms with Gasteiger partial charge in [-0.3, -0.25) is 9.89 Å². The second-order valence-electron chi connectivity index (χ2n) is 6.28. The molecule has 6 heteroatoms. The molecule has 23 heavy (non-hydrogen) atoms. The molecule has 2 N–H and O–H groups in total. The first-order valence-electron chi connectivity index (χ1n) is 8.57. The van der Waals surface area contributed by atoms with E-state index in [1.807, 2.05) is 19.2 Å². The molecule has 1 aliphatic heterocycles. The van der Waals surface area contributed by atoms with Crippen LogP contribution in [0.15, 0.2) is 27.8 Å². The normalized spacial score (nSPS) is 18.2. The molecule has 0 saturated carbocycles. The summed E-state index contributed by atoms with van der Waals surface area (Å²) >= 11 is 0. The van der Waals surface area contributed by atoms with Gasteiger partial charge in [0.2, 0.25) is 0 Å². The van der Waals surface area contributed by atoms with Gasteiger partial charge in [-0.1, -0.05) is 6.42 Å². The van der Waals surface area contributed by atoms with Gasteiger partial charge in [0.25, 0.3) is 0 Å². The lowest BCUT2D eigenvalue weighted by molar-refractivity contribution is 0.232. The van der Waals surface area contributed by atoms with Gasteiger partial charge >= 0.3 is 0 Å². The summed E-state index contributed by atoms with van der Waals surface area (Å²) in [7, 11) is 5.93. The van der Waals surface area contributed by atoms with Gasteiger partial charge in [-0.05, 0) is 52.2 Å². The number of nitrogens with zero attached hydrogens (tertiary/aromatic N) is 3. The topological polar surface area (TPSA) is 56.0 Å². The van der Waals surface area contributed by atoms with Gasteiger partial charge in [-0.25, -0.2) is 0 Å². The van der Waals surface area contributed by atoms with E-state index in [9.17, 15) is 0 Å². The van der Waals surface area contributed by atoms with Gasteiger partial charge in [0.1, 0.15) is 5.76 Å². The van der Waals surface area contributed by atoms with Gasteiger partial charge in [-0.15, -0.1) is 0 Å². The van der Waals surface area contributed by atoms with Crippen LogP contribution in [0.1, 0.15) is 31.1 Å². The summed E-state index contributed by atoms with van der Waals surface area (Å²) in [4.78, 5) is 8.98. The molecule has 0 amide bonds. The molecule has 0 radical (unpaired) electrons. The summed E-state index contributed by atoms with van der Waals surface area (Å²) in [5.74, 6) is 1.81. The summed E-state index contributed by atoms with van der Waals surface area (Å²) in [5.41, 5.74) is 0. The number of likely N-dealkylation sites (tertiary alicyclic amines) is 1. The zero-order valence-electron chi connectivity index (χ0n) is 14.7. The number of likely N-dealkylation sites (N-methyl/N-ethyl adjacent to an activating group) is 1. The van der Waals surface area contributed by atoms with Crippen molar-refractivity contribution in [3.8, 4) is 0 Å². The maximum absolute atomic E-state index is 5.53. The Morgan fingerprint density at radius 2 is 2.09 bits per heavy atom. The monoisotopic (exact) mass is 321 g/mol. The molecule has 1 aliphatic rings. The number of nitrogens with one attached hydrogen (secondary N) is 2. The maximum Gasteiger partial charge on any atom is 0.191 e. The molecule has 1 aromatic rings. The summed E-state index contributed by atoms with van der Waals surface area (Å²) in [6.07, 6.45) is 5.77. The Labute approximate surface area is 139 Å². The molecule has 1 fully saturated rings. The highest BCUT2D eigenvalue weighted by Gasteiger charge is 2.17. The molecule has 1 aromatic heterocycles. The van der Waals surface area contributed by atoms with Gasteiger partial charge in [-0.2, -0.15) is 0 Å². The van der Waals surface area contributed by atoms with Crippen molar-refractivity contribution in [2.75, 3.05) is 53.9 Å². The average Bonchev–Trinajstić information content (AvgIpc) is 3.08. The highest BCUT2D eigenvalue weighted by atomic mass is 16.3. The smallest absolute Gasteiger partial charge is 0.191 e. The molecule has 0 spiro atoms. The van der Waals surface area contributed by atoms with Crippen LogP contribution in [0.5, 0.6) is 0 Å². The first-order chi connectivity index (χ1) is 11.2. The Balaban J connectivity index is 1.73. The highest BCUT2D eigenvalue weighted by molar-refractivity contribution is 5.79. The number of hydrogen-bond donors (Lipinski definition) is 2. The number of aliphatic imine (C=N–C) groups is 1. The minimum absolute atomic E-state index is 0.186. The lowest BCUT2D eigenvalue weighted by Crippen LogP contribution is -2.44. The van der Waals surface area contributed by atoms with Crippen molar-refractivity contribution in [2.24, 2.45) is 4.99 Å². The molecule has 130 valence electrons. The fourth-order valence-corrected chi connectivity index (χ4v) is 2.95. The minimum atomic E-state index is 0.186. The summed E-state index contributed by atoms with van der Waals surface area (Å²) in [6.45, 7) is 5.22. The second-order valence-corrected chi connectivity index (χ2v) is 6.28. The molecule has 1 saturated heterocycles. The SMILES string of the molecule is CN=C(NCCN1CCCCC1)NCC(c1ccco1)N(C)C. The maximum atomic E-state index is 5.53. The van der Waals surface area contributed by atoms with Crippen molar-refractivity contribution in [2.45, 2.75) is 25.3 Å². The zero-order chi connectivity index (χ0) is 16.5. The van der Waals surface area contributed by atoms with E-state index in [1.165, 1.54) is 32.4 Å². The van der Waals surface area contributed by atoms with Gasteiger partial charge in [0.15, 0.2) is 5.96 Å². The van der Waals surface area contributed by atoms with Crippen molar-refractivity contribution in [1.29, 1.82) is 0 Å². The Morgan fingerprint density at radius 1 is 1.30 bits per heavy atom. The highest BCUT2D eigenvalue weighted by Crippen LogP contribution is 2.17. The lowest BCUT2D eigenvalue weighted by Gasteiger charge is -2.27. The number of hydrogen-bond acceptors (Lipinski definition) is 4. The van der Waals surface area contributed by atoms with E-state index in [0.717, 1.165) is 31.4 Å². The van der Waals surface area contributed by atoms with Crippen molar-refractivity contribution in [3.63, 3.8) is 0 Å². The van der Waals surface area contributed by atoms with Gasteiger partial charge < -0.3 is 20.0 Å².